The Morgan fingerprint density at radius 3 is 3.33 bits per heavy atom. The summed E-state index contributed by atoms with van der Waals surface area (Å²) in [6.45, 7) is 1.46. The molecule has 2 aliphatic rings. The number of fused-ring (bicyclic) bond motifs is 2. The van der Waals surface area contributed by atoms with Crippen LogP contribution in [0.1, 0.15) is 0 Å². The van der Waals surface area contributed by atoms with E-state index < -0.39 is 0 Å². The van der Waals surface area contributed by atoms with Gasteiger partial charge in [-0.05, 0) is 6.08 Å². The van der Waals surface area contributed by atoms with Crippen LogP contribution in [0.4, 0.5) is 4.79 Å². The zero-order valence-electron chi connectivity index (χ0n) is 4.91. The van der Waals surface area contributed by atoms with E-state index in [0.29, 0.717) is 0 Å². The van der Waals surface area contributed by atoms with Crippen LogP contribution >= 0.6 is 0 Å². The van der Waals surface area contributed by atoms with Crippen molar-refractivity contribution >= 4 is 6.09 Å². The molecule has 2 bridgehead atoms. The summed E-state index contributed by atoms with van der Waals surface area (Å²) in [5, 5.41) is 0. The third kappa shape index (κ3) is 0.608. The fraction of sp³-hybridized carbons (Fsp3) is 0.500. The smallest absolute Gasteiger partial charge is 0.410 e. The second kappa shape index (κ2) is 1.50. The molecule has 0 aromatic carbocycles. The number of rotatable bonds is 0. The number of ether oxygens (including phenoxy) is 1. The van der Waals surface area contributed by atoms with Crippen molar-refractivity contribution in [3.05, 3.63) is 12.2 Å². The molecule has 1 saturated heterocycles. The lowest BCUT2D eigenvalue weighted by atomic mass is 10.2. The van der Waals surface area contributed by atoms with E-state index in [2.05, 4.69) is 0 Å². The molecule has 1 atom stereocenters. The number of hydrogen-bond donors (Lipinski definition) is 0. The largest absolute Gasteiger partial charge is 0.440 e. The Morgan fingerprint density at radius 1 is 1.78 bits per heavy atom. The van der Waals surface area contributed by atoms with Crippen LogP contribution in [-0.2, 0) is 4.74 Å². The average molecular weight is 125 g/mol. The minimum Gasteiger partial charge on any atom is -0.440 e. The van der Waals surface area contributed by atoms with Crippen molar-refractivity contribution in [2.75, 3.05) is 13.1 Å². The second-order valence-electron chi connectivity index (χ2n) is 2.26. The van der Waals surface area contributed by atoms with E-state index in [1.807, 2.05) is 12.2 Å². The molecule has 0 saturated carbocycles. The van der Waals surface area contributed by atoms with E-state index in [9.17, 15) is 4.79 Å². The highest BCUT2D eigenvalue weighted by atomic mass is 16.6. The summed E-state index contributed by atoms with van der Waals surface area (Å²) in [6, 6.07) is 0. The molecule has 0 aromatic rings. The molecule has 0 spiro atoms. The van der Waals surface area contributed by atoms with Gasteiger partial charge in [0.2, 0.25) is 0 Å². The number of carbonyl (C=O) groups is 1. The lowest BCUT2D eigenvalue weighted by Gasteiger charge is -2.11. The first kappa shape index (κ1) is 4.85. The predicted molar refractivity (Wildman–Crippen MR) is 31.0 cm³/mol. The van der Waals surface area contributed by atoms with Gasteiger partial charge in [0.15, 0.2) is 0 Å². The summed E-state index contributed by atoms with van der Waals surface area (Å²) in [7, 11) is 0. The molecule has 1 unspecified atom stereocenters. The number of carbonyl (C=O) groups excluding carboxylic acids is 1. The Labute approximate surface area is 52.9 Å². The van der Waals surface area contributed by atoms with Gasteiger partial charge in [0.25, 0.3) is 0 Å². The maximum Gasteiger partial charge on any atom is 0.410 e. The number of amides is 1. The van der Waals surface area contributed by atoms with Crippen molar-refractivity contribution in [1.29, 1.82) is 0 Å². The van der Waals surface area contributed by atoms with Crippen molar-refractivity contribution < 1.29 is 9.53 Å². The molecule has 3 nitrogen and oxygen atoms in total. The highest BCUT2D eigenvalue weighted by molar-refractivity contribution is 5.71. The van der Waals surface area contributed by atoms with Gasteiger partial charge in [-0.2, -0.15) is 0 Å². The molecule has 9 heavy (non-hydrogen) atoms. The summed E-state index contributed by atoms with van der Waals surface area (Å²) < 4.78 is 4.89. The minimum atomic E-state index is -0.176. The molecule has 48 valence electrons. The van der Waals surface area contributed by atoms with Crippen molar-refractivity contribution in [1.82, 2.24) is 4.90 Å². The molecule has 0 radical (unpaired) electrons. The molecule has 2 aliphatic heterocycles. The van der Waals surface area contributed by atoms with E-state index in [4.69, 9.17) is 4.74 Å². The number of hydrogen-bond acceptors (Lipinski definition) is 2. The van der Waals surface area contributed by atoms with Crippen LogP contribution in [-0.4, -0.2) is 30.2 Å². The van der Waals surface area contributed by atoms with Crippen molar-refractivity contribution in [3.63, 3.8) is 0 Å². The maximum atomic E-state index is 10.7. The fourth-order valence-corrected chi connectivity index (χ4v) is 1.12. The summed E-state index contributed by atoms with van der Waals surface area (Å²) in [5.41, 5.74) is 0. The fourth-order valence-electron chi connectivity index (χ4n) is 1.12. The van der Waals surface area contributed by atoms with Gasteiger partial charge >= 0.3 is 6.09 Å². The van der Waals surface area contributed by atoms with Gasteiger partial charge in [0.1, 0.15) is 6.10 Å². The molecule has 2 heterocycles. The highest BCUT2D eigenvalue weighted by Crippen LogP contribution is 2.15. The van der Waals surface area contributed by atoms with Gasteiger partial charge < -0.3 is 9.64 Å². The minimum absolute atomic E-state index is 0.0336. The van der Waals surface area contributed by atoms with E-state index >= 15 is 0 Å². The van der Waals surface area contributed by atoms with Crippen LogP contribution in [0.25, 0.3) is 0 Å². The van der Waals surface area contributed by atoms with E-state index in [1.165, 1.54) is 0 Å². The Kier molecular flexibility index (Phi) is 0.806. The summed E-state index contributed by atoms with van der Waals surface area (Å²) >= 11 is 0. The molecule has 2 rings (SSSR count). The van der Waals surface area contributed by atoms with Crippen LogP contribution in [0.5, 0.6) is 0 Å². The van der Waals surface area contributed by atoms with E-state index in [-0.39, 0.29) is 12.2 Å². The molecule has 0 aromatic heterocycles. The molecular formula is C6H7NO2. The van der Waals surface area contributed by atoms with Crippen LogP contribution in [0.3, 0.4) is 0 Å². The highest BCUT2D eigenvalue weighted by Gasteiger charge is 2.30. The molecule has 0 N–H and O–H groups in total. The normalized spacial score (nSPS) is 30.9. The van der Waals surface area contributed by atoms with Gasteiger partial charge in [-0.1, -0.05) is 6.08 Å². The Morgan fingerprint density at radius 2 is 2.67 bits per heavy atom. The molecule has 1 amide bonds. The summed E-state index contributed by atoms with van der Waals surface area (Å²) in [5.74, 6) is 0. The Hall–Kier alpha value is -0.990. The van der Waals surface area contributed by atoms with Crippen molar-refractivity contribution in [2.24, 2.45) is 0 Å². The van der Waals surface area contributed by atoms with Crippen LogP contribution in [0.15, 0.2) is 12.2 Å². The van der Waals surface area contributed by atoms with Crippen LogP contribution in [0.2, 0.25) is 0 Å². The Bertz CT molecular complexity index is 176. The van der Waals surface area contributed by atoms with E-state index in [0.717, 1.165) is 13.1 Å². The zero-order valence-corrected chi connectivity index (χ0v) is 4.91. The molecular weight excluding hydrogens is 118 g/mol. The zero-order chi connectivity index (χ0) is 6.27. The summed E-state index contributed by atoms with van der Waals surface area (Å²) in [4.78, 5) is 12.4. The van der Waals surface area contributed by atoms with E-state index in [1.54, 1.807) is 4.90 Å². The van der Waals surface area contributed by atoms with Crippen LogP contribution in [0, 0.1) is 0 Å². The summed E-state index contributed by atoms with van der Waals surface area (Å²) in [6.07, 6.45) is 3.75. The second-order valence-corrected chi connectivity index (χ2v) is 2.26. The lowest BCUT2D eigenvalue weighted by Crippen LogP contribution is -2.27. The predicted octanol–water partition coefficient (Wildman–Crippen LogP) is 0.377. The first-order valence-electron chi connectivity index (χ1n) is 2.98. The standard InChI is InChI=1S/C6H7NO2/c8-6-7-3-1-2-5(4-7)9-6/h1-2,5H,3-4H2. The van der Waals surface area contributed by atoms with Gasteiger partial charge in [-0.25, -0.2) is 4.79 Å². The first-order valence-corrected chi connectivity index (χ1v) is 2.98. The Balaban J connectivity index is 2.26. The quantitative estimate of drug-likeness (QED) is 0.438. The third-order valence-electron chi connectivity index (χ3n) is 1.59. The van der Waals surface area contributed by atoms with Crippen LogP contribution < -0.4 is 0 Å². The third-order valence-corrected chi connectivity index (χ3v) is 1.59. The lowest BCUT2D eigenvalue weighted by molar-refractivity contribution is 0.149. The topological polar surface area (TPSA) is 29.5 Å². The SMILES string of the molecule is O=C1OC2C=CCN1C2. The first-order chi connectivity index (χ1) is 4.36. The van der Waals surface area contributed by atoms with Gasteiger partial charge in [-0.3, -0.25) is 0 Å². The molecule has 3 heteroatoms. The monoisotopic (exact) mass is 125 g/mol. The van der Waals surface area contributed by atoms with Gasteiger partial charge in [0, 0.05) is 6.54 Å². The molecule has 1 fully saturated rings. The van der Waals surface area contributed by atoms with Crippen molar-refractivity contribution in [3.8, 4) is 0 Å². The maximum absolute atomic E-state index is 10.7. The molecule has 0 aliphatic carbocycles. The van der Waals surface area contributed by atoms with Gasteiger partial charge in [-0.15, -0.1) is 0 Å². The van der Waals surface area contributed by atoms with Gasteiger partial charge in [0.05, 0.1) is 6.54 Å². The number of nitrogens with zero attached hydrogens (tertiary/aromatic N) is 1. The average Bonchev–Trinajstić information content (AvgIpc) is 2.09. The van der Waals surface area contributed by atoms with Crippen molar-refractivity contribution in [2.45, 2.75) is 6.10 Å².